The predicted octanol–water partition coefficient (Wildman–Crippen LogP) is 3.13. The summed E-state index contributed by atoms with van der Waals surface area (Å²) in [5.41, 5.74) is 3.36. The Morgan fingerprint density at radius 1 is 1.14 bits per heavy atom. The monoisotopic (exact) mass is 395 g/mol. The Morgan fingerprint density at radius 3 is 2.48 bits per heavy atom. The van der Waals surface area contributed by atoms with Crippen LogP contribution in [-0.4, -0.2) is 60.0 Å². The molecule has 1 aliphatic rings. The summed E-state index contributed by atoms with van der Waals surface area (Å²) in [5, 5.41) is 3.11. The van der Waals surface area contributed by atoms with E-state index in [1.807, 2.05) is 12.4 Å². The van der Waals surface area contributed by atoms with E-state index in [2.05, 4.69) is 70.1 Å². The lowest BCUT2D eigenvalue weighted by Crippen LogP contribution is -2.45. The lowest BCUT2D eigenvalue weighted by Gasteiger charge is -2.32. The Bertz CT molecular complexity index is 771. The van der Waals surface area contributed by atoms with Crippen molar-refractivity contribution in [3.8, 4) is 11.1 Å². The van der Waals surface area contributed by atoms with Gasteiger partial charge in [0.2, 0.25) is 11.9 Å². The first-order valence-electron chi connectivity index (χ1n) is 10.7. The number of aryl methyl sites for hydroxylation is 1. The molecule has 6 nitrogen and oxygen atoms in total. The third-order valence-corrected chi connectivity index (χ3v) is 5.72. The maximum atomic E-state index is 12.6. The lowest BCUT2D eigenvalue weighted by molar-refractivity contribution is -0.125. The normalized spacial score (nSPS) is 16.8. The zero-order valence-electron chi connectivity index (χ0n) is 17.9. The maximum Gasteiger partial charge on any atom is 0.225 e. The molecule has 156 valence electrons. The number of likely N-dealkylation sites (N-methyl/N-ethyl adjacent to an activating group) is 1. The Kier molecular flexibility index (Phi) is 7.58. The minimum Gasteiger partial charge on any atom is -0.355 e. The van der Waals surface area contributed by atoms with Crippen LogP contribution >= 0.6 is 0 Å². The van der Waals surface area contributed by atoms with Crippen molar-refractivity contribution in [3.63, 3.8) is 0 Å². The molecule has 1 aromatic heterocycles. The summed E-state index contributed by atoms with van der Waals surface area (Å²) in [6, 6.07) is 8.37. The van der Waals surface area contributed by atoms with Crippen LogP contribution < -0.4 is 10.2 Å². The lowest BCUT2D eigenvalue weighted by atomic mass is 9.97. The summed E-state index contributed by atoms with van der Waals surface area (Å²) in [5.74, 6) is 0.862. The molecular formula is C23H33N5O. The molecule has 29 heavy (non-hydrogen) atoms. The smallest absolute Gasteiger partial charge is 0.225 e. The Labute approximate surface area is 174 Å². The first-order valence-corrected chi connectivity index (χ1v) is 10.7. The molecule has 0 unspecified atom stereocenters. The van der Waals surface area contributed by atoms with E-state index in [1.54, 1.807) is 0 Å². The van der Waals surface area contributed by atoms with Gasteiger partial charge >= 0.3 is 0 Å². The van der Waals surface area contributed by atoms with Crippen LogP contribution in [-0.2, 0) is 4.79 Å². The van der Waals surface area contributed by atoms with E-state index in [0.717, 1.165) is 50.1 Å². The van der Waals surface area contributed by atoms with E-state index < -0.39 is 0 Å². The fourth-order valence-electron chi connectivity index (χ4n) is 3.77. The average molecular weight is 396 g/mol. The van der Waals surface area contributed by atoms with Crippen LogP contribution in [0.25, 0.3) is 11.1 Å². The van der Waals surface area contributed by atoms with Crippen molar-refractivity contribution in [3.05, 3.63) is 42.2 Å². The third-order valence-electron chi connectivity index (χ3n) is 5.72. The van der Waals surface area contributed by atoms with Crippen LogP contribution in [0.1, 0.15) is 32.3 Å². The standard InChI is InChI=1S/C23H33N5O/c1-4-27(5-2)14-12-24-22(29)20-7-6-13-28(17-20)23-25-15-21(16-26-23)19-10-8-18(3)9-11-19/h8-11,15-16,20H,4-7,12-14,17H2,1-3H3,(H,24,29)/t20-/m1/s1. The molecule has 1 atom stereocenters. The molecule has 0 saturated carbocycles. The van der Waals surface area contributed by atoms with Gasteiger partial charge in [0, 0.05) is 44.1 Å². The van der Waals surface area contributed by atoms with E-state index in [1.165, 1.54) is 5.56 Å². The van der Waals surface area contributed by atoms with Crippen molar-refractivity contribution < 1.29 is 4.79 Å². The van der Waals surface area contributed by atoms with Gasteiger partial charge < -0.3 is 15.1 Å². The second-order valence-corrected chi connectivity index (χ2v) is 7.74. The molecule has 1 saturated heterocycles. The number of carbonyl (C=O) groups excluding carboxylic acids is 1. The summed E-state index contributed by atoms with van der Waals surface area (Å²) < 4.78 is 0. The van der Waals surface area contributed by atoms with Crippen LogP contribution in [0.5, 0.6) is 0 Å². The number of nitrogens with zero attached hydrogens (tertiary/aromatic N) is 4. The van der Waals surface area contributed by atoms with Gasteiger partial charge in [-0.3, -0.25) is 4.79 Å². The first-order chi connectivity index (χ1) is 14.1. The van der Waals surface area contributed by atoms with Crippen molar-refractivity contribution in [2.24, 2.45) is 5.92 Å². The topological polar surface area (TPSA) is 61.4 Å². The van der Waals surface area contributed by atoms with Gasteiger partial charge in [-0.25, -0.2) is 9.97 Å². The molecule has 1 N–H and O–H groups in total. The van der Waals surface area contributed by atoms with E-state index in [0.29, 0.717) is 19.0 Å². The minimum atomic E-state index is 0.000767. The molecule has 1 aromatic carbocycles. The van der Waals surface area contributed by atoms with Gasteiger partial charge in [-0.2, -0.15) is 0 Å². The fraction of sp³-hybridized carbons (Fsp3) is 0.522. The molecular weight excluding hydrogens is 362 g/mol. The average Bonchev–Trinajstić information content (AvgIpc) is 2.77. The number of piperidine rings is 1. The van der Waals surface area contributed by atoms with Gasteiger partial charge in [-0.05, 0) is 38.4 Å². The van der Waals surface area contributed by atoms with Gasteiger partial charge in [0.05, 0.1) is 5.92 Å². The molecule has 2 heterocycles. The first kappa shape index (κ1) is 21.2. The van der Waals surface area contributed by atoms with Crippen LogP contribution in [0.3, 0.4) is 0 Å². The number of amides is 1. The molecule has 1 amide bonds. The quantitative estimate of drug-likeness (QED) is 0.744. The number of rotatable bonds is 8. The van der Waals surface area contributed by atoms with Crippen LogP contribution in [0.15, 0.2) is 36.7 Å². The largest absolute Gasteiger partial charge is 0.355 e. The second kappa shape index (κ2) is 10.3. The summed E-state index contributed by atoms with van der Waals surface area (Å²) >= 11 is 0. The number of anilines is 1. The highest BCUT2D eigenvalue weighted by atomic mass is 16.1. The van der Waals surface area contributed by atoms with E-state index in [4.69, 9.17) is 0 Å². The molecule has 3 rings (SSSR count). The highest BCUT2D eigenvalue weighted by Gasteiger charge is 2.27. The number of nitrogens with one attached hydrogen (secondary N) is 1. The summed E-state index contributed by atoms with van der Waals surface area (Å²) in [6.07, 6.45) is 5.66. The van der Waals surface area contributed by atoms with Gasteiger partial charge in [0.25, 0.3) is 0 Å². The molecule has 0 spiro atoms. The number of hydrogen-bond acceptors (Lipinski definition) is 5. The third kappa shape index (κ3) is 5.76. The zero-order chi connectivity index (χ0) is 20.6. The Balaban J connectivity index is 1.56. The van der Waals surface area contributed by atoms with Crippen LogP contribution in [0, 0.1) is 12.8 Å². The zero-order valence-corrected chi connectivity index (χ0v) is 17.9. The molecule has 0 aliphatic carbocycles. The van der Waals surface area contributed by atoms with Gasteiger partial charge in [-0.15, -0.1) is 0 Å². The van der Waals surface area contributed by atoms with E-state index in [-0.39, 0.29) is 11.8 Å². The molecule has 0 bridgehead atoms. The highest BCUT2D eigenvalue weighted by molar-refractivity contribution is 5.79. The number of hydrogen-bond donors (Lipinski definition) is 1. The molecule has 6 heteroatoms. The predicted molar refractivity (Wildman–Crippen MR) is 118 cm³/mol. The summed E-state index contributed by atoms with van der Waals surface area (Å²) in [4.78, 5) is 26.2. The molecule has 1 fully saturated rings. The Hall–Kier alpha value is -2.47. The summed E-state index contributed by atoms with van der Waals surface area (Å²) in [7, 11) is 0. The van der Waals surface area contributed by atoms with Crippen molar-refractivity contribution in [2.45, 2.75) is 33.6 Å². The van der Waals surface area contributed by atoms with Crippen molar-refractivity contribution in [1.29, 1.82) is 0 Å². The van der Waals surface area contributed by atoms with Gasteiger partial charge in [-0.1, -0.05) is 43.7 Å². The number of aromatic nitrogens is 2. The van der Waals surface area contributed by atoms with Crippen LogP contribution in [0.2, 0.25) is 0 Å². The molecule has 1 aliphatic heterocycles. The highest BCUT2D eigenvalue weighted by Crippen LogP contribution is 2.23. The minimum absolute atomic E-state index is 0.000767. The van der Waals surface area contributed by atoms with Crippen LogP contribution in [0.4, 0.5) is 5.95 Å². The van der Waals surface area contributed by atoms with Crippen molar-refractivity contribution in [2.75, 3.05) is 44.2 Å². The Morgan fingerprint density at radius 2 is 1.83 bits per heavy atom. The summed E-state index contributed by atoms with van der Waals surface area (Å²) in [6.45, 7) is 11.6. The maximum absolute atomic E-state index is 12.6. The van der Waals surface area contributed by atoms with Gasteiger partial charge in [0.15, 0.2) is 0 Å². The number of benzene rings is 1. The van der Waals surface area contributed by atoms with E-state index in [9.17, 15) is 4.79 Å². The fourth-order valence-corrected chi connectivity index (χ4v) is 3.77. The van der Waals surface area contributed by atoms with Gasteiger partial charge in [0.1, 0.15) is 0 Å². The van der Waals surface area contributed by atoms with Crippen molar-refractivity contribution in [1.82, 2.24) is 20.2 Å². The van der Waals surface area contributed by atoms with E-state index >= 15 is 0 Å². The molecule has 2 aromatic rings. The number of carbonyl (C=O) groups is 1. The SMILES string of the molecule is CCN(CC)CCNC(=O)[C@@H]1CCCN(c2ncc(-c3ccc(C)cc3)cn2)C1. The molecule has 0 radical (unpaired) electrons. The van der Waals surface area contributed by atoms with Crippen molar-refractivity contribution >= 4 is 11.9 Å². The second-order valence-electron chi connectivity index (χ2n) is 7.74.